The van der Waals surface area contributed by atoms with Crippen LogP contribution >= 0.6 is 22.9 Å². The minimum absolute atomic E-state index is 0.117. The highest BCUT2D eigenvalue weighted by molar-refractivity contribution is 7.92. The molecule has 3 aromatic carbocycles. The molecule has 0 atom stereocenters. The van der Waals surface area contributed by atoms with E-state index in [0.717, 1.165) is 15.8 Å². The molecule has 1 aromatic heterocycles. The Bertz CT molecular complexity index is 1300. The first kappa shape index (κ1) is 21.5. The standard InChI is InChI=1S/C23H19ClN2O3S2/c1-16-12-13-19(24)22-21(16)25-23(30-22)26(14-17-8-4-2-5-9-17)20(27)15-31(28,29)18-10-6-3-7-11-18/h2-13H,14-15H2,1H3. The van der Waals surface area contributed by atoms with Crippen LogP contribution in [-0.4, -0.2) is 25.1 Å². The zero-order valence-corrected chi connectivity index (χ0v) is 19.0. The van der Waals surface area contributed by atoms with Crippen LogP contribution in [0.25, 0.3) is 10.2 Å². The van der Waals surface area contributed by atoms with E-state index in [1.807, 2.05) is 43.3 Å². The molecule has 0 saturated heterocycles. The molecule has 8 heteroatoms. The van der Waals surface area contributed by atoms with E-state index in [-0.39, 0.29) is 11.4 Å². The fraction of sp³-hybridized carbons (Fsp3) is 0.130. The molecule has 0 bridgehead atoms. The lowest BCUT2D eigenvalue weighted by molar-refractivity contribution is -0.116. The summed E-state index contributed by atoms with van der Waals surface area (Å²) in [7, 11) is -3.79. The van der Waals surface area contributed by atoms with Crippen LogP contribution in [0.1, 0.15) is 11.1 Å². The average Bonchev–Trinajstić information content (AvgIpc) is 3.22. The van der Waals surface area contributed by atoms with Crippen molar-refractivity contribution < 1.29 is 13.2 Å². The first-order chi connectivity index (χ1) is 14.8. The van der Waals surface area contributed by atoms with Crippen LogP contribution in [-0.2, 0) is 21.2 Å². The highest BCUT2D eigenvalue weighted by Crippen LogP contribution is 2.36. The molecule has 0 aliphatic rings. The Morgan fingerprint density at radius 2 is 1.65 bits per heavy atom. The molecule has 0 radical (unpaired) electrons. The number of aromatic nitrogens is 1. The maximum absolute atomic E-state index is 13.3. The molecule has 1 heterocycles. The number of halogens is 1. The number of thiazole rings is 1. The topological polar surface area (TPSA) is 67.3 Å². The Morgan fingerprint density at radius 3 is 2.29 bits per heavy atom. The van der Waals surface area contributed by atoms with Gasteiger partial charge in [0.25, 0.3) is 0 Å². The van der Waals surface area contributed by atoms with E-state index < -0.39 is 21.5 Å². The molecular formula is C23H19ClN2O3S2. The molecular weight excluding hydrogens is 452 g/mol. The number of hydrogen-bond donors (Lipinski definition) is 0. The Kier molecular flexibility index (Phi) is 6.09. The summed E-state index contributed by atoms with van der Waals surface area (Å²) >= 11 is 7.63. The SMILES string of the molecule is Cc1ccc(Cl)c2sc(N(Cc3ccccc3)C(=O)CS(=O)(=O)c3ccccc3)nc12. The van der Waals surface area contributed by atoms with Crippen LogP contribution < -0.4 is 4.90 Å². The highest BCUT2D eigenvalue weighted by Gasteiger charge is 2.27. The van der Waals surface area contributed by atoms with Crippen molar-refractivity contribution in [2.45, 2.75) is 18.4 Å². The van der Waals surface area contributed by atoms with E-state index in [2.05, 4.69) is 4.98 Å². The van der Waals surface area contributed by atoms with Gasteiger partial charge in [0.1, 0.15) is 5.75 Å². The van der Waals surface area contributed by atoms with Crippen LogP contribution in [0.15, 0.2) is 77.7 Å². The normalized spacial score (nSPS) is 11.5. The van der Waals surface area contributed by atoms with Crippen LogP contribution in [0.3, 0.4) is 0 Å². The molecule has 0 aliphatic carbocycles. The van der Waals surface area contributed by atoms with Crippen LogP contribution in [0.4, 0.5) is 5.13 Å². The molecule has 1 amide bonds. The van der Waals surface area contributed by atoms with Gasteiger partial charge < -0.3 is 0 Å². The number of amides is 1. The van der Waals surface area contributed by atoms with Crippen molar-refractivity contribution in [3.63, 3.8) is 0 Å². The molecule has 4 rings (SSSR count). The number of carbonyl (C=O) groups is 1. The summed E-state index contributed by atoms with van der Waals surface area (Å²) < 4.78 is 26.4. The summed E-state index contributed by atoms with van der Waals surface area (Å²) in [4.78, 5) is 19.4. The van der Waals surface area contributed by atoms with Gasteiger partial charge in [-0.15, -0.1) is 0 Å². The lowest BCUT2D eigenvalue weighted by atomic mass is 10.2. The number of sulfone groups is 1. The van der Waals surface area contributed by atoms with E-state index in [4.69, 9.17) is 11.6 Å². The van der Waals surface area contributed by atoms with E-state index in [9.17, 15) is 13.2 Å². The number of carbonyl (C=O) groups excluding carboxylic acids is 1. The first-order valence-corrected chi connectivity index (χ1v) is 12.4. The van der Waals surface area contributed by atoms with Crippen molar-refractivity contribution in [3.8, 4) is 0 Å². The number of rotatable bonds is 6. The predicted molar refractivity (Wildman–Crippen MR) is 125 cm³/mol. The summed E-state index contributed by atoms with van der Waals surface area (Å²) in [6.07, 6.45) is 0. The van der Waals surface area contributed by atoms with E-state index in [1.165, 1.54) is 28.4 Å². The largest absolute Gasteiger partial charge is 0.283 e. The van der Waals surface area contributed by atoms with Crippen LogP contribution in [0.5, 0.6) is 0 Å². The lowest BCUT2D eigenvalue weighted by Gasteiger charge is -2.20. The van der Waals surface area contributed by atoms with Crippen LogP contribution in [0.2, 0.25) is 5.02 Å². The van der Waals surface area contributed by atoms with Crippen molar-refractivity contribution in [2.75, 3.05) is 10.7 Å². The van der Waals surface area contributed by atoms with Gasteiger partial charge >= 0.3 is 0 Å². The Hall–Kier alpha value is -2.74. The quantitative estimate of drug-likeness (QED) is 0.385. The summed E-state index contributed by atoms with van der Waals surface area (Å²) in [5.41, 5.74) is 2.52. The molecule has 0 unspecified atom stereocenters. The molecule has 158 valence electrons. The number of anilines is 1. The number of hydrogen-bond acceptors (Lipinski definition) is 5. The second-order valence-electron chi connectivity index (χ2n) is 7.08. The highest BCUT2D eigenvalue weighted by atomic mass is 35.5. The minimum Gasteiger partial charge on any atom is -0.283 e. The van der Waals surface area contributed by atoms with Gasteiger partial charge in [0.05, 0.1) is 26.7 Å². The third kappa shape index (κ3) is 4.63. The monoisotopic (exact) mass is 470 g/mol. The van der Waals surface area contributed by atoms with Gasteiger partial charge in [0.2, 0.25) is 5.91 Å². The Balaban J connectivity index is 1.74. The number of nitrogens with zero attached hydrogens (tertiary/aromatic N) is 2. The molecule has 0 saturated carbocycles. The average molecular weight is 471 g/mol. The molecule has 5 nitrogen and oxygen atoms in total. The maximum Gasteiger partial charge on any atom is 0.244 e. The van der Waals surface area contributed by atoms with Gasteiger partial charge in [-0.1, -0.05) is 77.5 Å². The van der Waals surface area contributed by atoms with Crippen molar-refractivity contribution in [2.24, 2.45) is 0 Å². The molecule has 0 fully saturated rings. The minimum atomic E-state index is -3.79. The zero-order valence-electron chi connectivity index (χ0n) is 16.7. The van der Waals surface area contributed by atoms with Gasteiger partial charge in [-0.3, -0.25) is 9.69 Å². The predicted octanol–water partition coefficient (Wildman–Crippen LogP) is 5.27. The molecule has 4 aromatic rings. The van der Waals surface area contributed by atoms with Crippen LogP contribution in [0, 0.1) is 6.92 Å². The molecule has 0 spiro atoms. The van der Waals surface area contributed by atoms with Gasteiger partial charge in [0.15, 0.2) is 15.0 Å². The zero-order chi connectivity index (χ0) is 22.0. The molecule has 0 aliphatic heterocycles. The van der Waals surface area contributed by atoms with Crippen molar-refractivity contribution in [1.29, 1.82) is 0 Å². The van der Waals surface area contributed by atoms with Crippen molar-refractivity contribution in [3.05, 3.63) is 88.9 Å². The first-order valence-electron chi connectivity index (χ1n) is 9.53. The lowest BCUT2D eigenvalue weighted by Crippen LogP contribution is -2.35. The summed E-state index contributed by atoms with van der Waals surface area (Å²) in [5.74, 6) is -1.19. The number of fused-ring (bicyclic) bond motifs is 1. The Morgan fingerprint density at radius 1 is 1.00 bits per heavy atom. The third-order valence-corrected chi connectivity index (χ3v) is 7.97. The van der Waals surface area contributed by atoms with Gasteiger partial charge in [-0.2, -0.15) is 0 Å². The number of benzene rings is 3. The molecule has 31 heavy (non-hydrogen) atoms. The summed E-state index contributed by atoms with van der Waals surface area (Å²) in [6, 6.07) is 21.1. The fourth-order valence-corrected chi connectivity index (χ4v) is 5.74. The molecule has 0 N–H and O–H groups in total. The van der Waals surface area contributed by atoms with Gasteiger partial charge in [-0.25, -0.2) is 13.4 Å². The maximum atomic E-state index is 13.3. The van der Waals surface area contributed by atoms with E-state index in [1.54, 1.807) is 24.3 Å². The summed E-state index contributed by atoms with van der Waals surface area (Å²) in [6.45, 7) is 2.13. The smallest absolute Gasteiger partial charge is 0.244 e. The number of aryl methyl sites for hydroxylation is 1. The van der Waals surface area contributed by atoms with Crippen molar-refractivity contribution in [1.82, 2.24) is 4.98 Å². The van der Waals surface area contributed by atoms with E-state index in [0.29, 0.717) is 15.7 Å². The van der Waals surface area contributed by atoms with Gasteiger partial charge in [-0.05, 0) is 36.2 Å². The van der Waals surface area contributed by atoms with E-state index >= 15 is 0 Å². The van der Waals surface area contributed by atoms with Crippen molar-refractivity contribution >= 4 is 54.0 Å². The fourth-order valence-electron chi connectivity index (χ4n) is 3.19. The van der Waals surface area contributed by atoms with Gasteiger partial charge in [0, 0.05) is 0 Å². The second kappa shape index (κ2) is 8.78. The summed E-state index contributed by atoms with van der Waals surface area (Å²) in [5, 5.41) is 0.969. The third-order valence-electron chi connectivity index (χ3n) is 4.82. The Labute approximate surface area is 189 Å². The second-order valence-corrected chi connectivity index (χ2v) is 10.5.